The number of hydrogen-bond acceptors (Lipinski definition) is 3. The SMILES string of the molecule is C=CCC(NCC)c1cscn1. The van der Waals surface area contributed by atoms with Crippen molar-refractivity contribution in [2.45, 2.75) is 19.4 Å². The summed E-state index contributed by atoms with van der Waals surface area (Å²) in [5.41, 5.74) is 2.99. The van der Waals surface area contributed by atoms with Gasteiger partial charge in [0.25, 0.3) is 0 Å². The Hall–Kier alpha value is -0.670. The fraction of sp³-hybridized carbons (Fsp3) is 0.444. The van der Waals surface area contributed by atoms with E-state index in [4.69, 9.17) is 0 Å². The Morgan fingerprint density at radius 2 is 2.67 bits per heavy atom. The van der Waals surface area contributed by atoms with Crippen LogP contribution in [0, 0.1) is 0 Å². The van der Waals surface area contributed by atoms with E-state index in [0.717, 1.165) is 18.7 Å². The molecule has 1 N–H and O–H groups in total. The molecule has 2 nitrogen and oxygen atoms in total. The summed E-state index contributed by atoms with van der Waals surface area (Å²) >= 11 is 1.63. The molecule has 1 unspecified atom stereocenters. The van der Waals surface area contributed by atoms with Crippen molar-refractivity contribution >= 4 is 11.3 Å². The van der Waals surface area contributed by atoms with Crippen molar-refractivity contribution in [3.05, 3.63) is 29.2 Å². The standard InChI is InChI=1S/C9H14N2S/c1-3-5-8(10-4-2)9-6-12-7-11-9/h3,6-8,10H,1,4-5H2,2H3. The van der Waals surface area contributed by atoms with Gasteiger partial charge < -0.3 is 5.32 Å². The second-order valence-corrected chi connectivity index (χ2v) is 3.27. The highest BCUT2D eigenvalue weighted by Gasteiger charge is 2.08. The van der Waals surface area contributed by atoms with E-state index in [1.807, 2.05) is 11.6 Å². The maximum Gasteiger partial charge on any atom is 0.0795 e. The predicted molar refractivity (Wildman–Crippen MR) is 53.3 cm³/mol. The van der Waals surface area contributed by atoms with Crippen LogP contribution >= 0.6 is 11.3 Å². The quantitative estimate of drug-likeness (QED) is 0.707. The van der Waals surface area contributed by atoms with Crippen molar-refractivity contribution in [3.63, 3.8) is 0 Å². The fourth-order valence-electron chi connectivity index (χ4n) is 1.12. The van der Waals surface area contributed by atoms with Crippen molar-refractivity contribution in [2.24, 2.45) is 0 Å². The van der Waals surface area contributed by atoms with E-state index in [0.29, 0.717) is 6.04 Å². The van der Waals surface area contributed by atoms with Crippen LogP contribution in [0.25, 0.3) is 0 Å². The number of nitrogens with zero attached hydrogens (tertiary/aromatic N) is 1. The van der Waals surface area contributed by atoms with Gasteiger partial charge in [0.05, 0.1) is 17.2 Å². The Morgan fingerprint density at radius 1 is 1.83 bits per heavy atom. The van der Waals surface area contributed by atoms with E-state index in [9.17, 15) is 0 Å². The fourth-order valence-corrected chi connectivity index (χ4v) is 1.72. The zero-order valence-electron chi connectivity index (χ0n) is 7.29. The first kappa shape index (κ1) is 9.42. The lowest BCUT2D eigenvalue weighted by molar-refractivity contribution is 0.548. The highest BCUT2D eigenvalue weighted by Crippen LogP contribution is 2.16. The Labute approximate surface area is 77.3 Å². The van der Waals surface area contributed by atoms with Gasteiger partial charge in [-0.05, 0) is 13.0 Å². The van der Waals surface area contributed by atoms with E-state index < -0.39 is 0 Å². The molecule has 1 heterocycles. The third-order valence-corrected chi connectivity index (χ3v) is 2.27. The summed E-state index contributed by atoms with van der Waals surface area (Å²) in [6.45, 7) is 6.80. The second-order valence-electron chi connectivity index (χ2n) is 2.55. The summed E-state index contributed by atoms with van der Waals surface area (Å²) in [7, 11) is 0. The Kier molecular flexibility index (Phi) is 3.97. The summed E-state index contributed by atoms with van der Waals surface area (Å²) in [6, 6.07) is 0.346. The second kappa shape index (κ2) is 5.06. The van der Waals surface area contributed by atoms with Crippen LogP contribution in [0.1, 0.15) is 25.1 Å². The van der Waals surface area contributed by atoms with Crippen molar-refractivity contribution in [1.29, 1.82) is 0 Å². The van der Waals surface area contributed by atoms with Crippen LogP contribution in [0.15, 0.2) is 23.5 Å². The third kappa shape index (κ3) is 2.43. The van der Waals surface area contributed by atoms with Crippen molar-refractivity contribution in [3.8, 4) is 0 Å². The number of aromatic nitrogens is 1. The minimum absolute atomic E-state index is 0.346. The molecule has 0 saturated heterocycles. The van der Waals surface area contributed by atoms with Crippen LogP contribution in [-0.4, -0.2) is 11.5 Å². The minimum atomic E-state index is 0.346. The van der Waals surface area contributed by atoms with Crippen LogP contribution in [0.2, 0.25) is 0 Å². The Morgan fingerprint density at radius 3 is 3.17 bits per heavy atom. The monoisotopic (exact) mass is 182 g/mol. The van der Waals surface area contributed by atoms with Gasteiger partial charge in [0.15, 0.2) is 0 Å². The first-order valence-corrected chi connectivity index (χ1v) is 5.05. The third-order valence-electron chi connectivity index (χ3n) is 1.66. The number of hydrogen-bond donors (Lipinski definition) is 1. The molecule has 0 aromatic carbocycles. The lowest BCUT2D eigenvalue weighted by Gasteiger charge is -2.12. The zero-order valence-corrected chi connectivity index (χ0v) is 8.10. The van der Waals surface area contributed by atoms with Gasteiger partial charge in [0.2, 0.25) is 0 Å². The molecule has 66 valence electrons. The van der Waals surface area contributed by atoms with Gasteiger partial charge >= 0.3 is 0 Å². The molecule has 0 fully saturated rings. The molecule has 0 radical (unpaired) electrons. The molecule has 0 aliphatic carbocycles. The molecular weight excluding hydrogens is 168 g/mol. The molecule has 0 spiro atoms. The first-order valence-electron chi connectivity index (χ1n) is 4.10. The number of thiazole rings is 1. The summed E-state index contributed by atoms with van der Waals surface area (Å²) < 4.78 is 0. The van der Waals surface area contributed by atoms with Gasteiger partial charge in [-0.1, -0.05) is 13.0 Å². The normalized spacial score (nSPS) is 12.8. The van der Waals surface area contributed by atoms with E-state index in [2.05, 4.69) is 29.2 Å². The molecule has 1 atom stereocenters. The average Bonchev–Trinajstić information content (AvgIpc) is 2.56. The summed E-state index contributed by atoms with van der Waals surface area (Å²) in [5, 5.41) is 5.44. The summed E-state index contributed by atoms with van der Waals surface area (Å²) in [6.07, 6.45) is 2.87. The maximum absolute atomic E-state index is 4.26. The first-order chi connectivity index (χ1) is 5.88. The summed E-state index contributed by atoms with van der Waals surface area (Å²) in [4.78, 5) is 4.26. The highest BCUT2D eigenvalue weighted by molar-refractivity contribution is 7.07. The molecule has 0 aliphatic heterocycles. The molecule has 0 bridgehead atoms. The van der Waals surface area contributed by atoms with Gasteiger partial charge in [-0.2, -0.15) is 0 Å². The molecule has 3 heteroatoms. The van der Waals surface area contributed by atoms with Crippen molar-refractivity contribution < 1.29 is 0 Å². The smallest absolute Gasteiger partial charge is 0.0795 e. The molecule has 12 heavy (non-hydrogen) atoms. The molecule has 1 rings (SSSR count). The predicted octanol–water partition coefficient (Wildman–Crippen LogP) is 2.37. The lowest BCUT2D eigenvalue weighted by Crippen LogP contribution is -2.20. The largest absolute Gasteiger partial charge is 0.309 e. The zero-order chi connectivity index (χ0) is 8.81. The van der Waals surface area contributed by atoms with E-state index in [1.165, 1.54) is 0 Å². The number of rotatable bonds is 5. The van der Waals surface area contributed by atoms with Crippen molar-refractivity contribution in [1.82, 2.24) is 10.3 Å². The van der Waals surface area contributed by atoms with Gasteiger partial charge in [-0.3, -0.25) is 0 Å². The highest BCUT2D eigenvalue weighted by atomic mass is 32.1. The molecule has 0 aliphatic rings. The topological polar surface area (TPSA) is 24.9 Å². The van der Waals surface area contributed by atoms with E-state index in [-0.39, 0.29) is 0 Å². The van der Waals surface area contributed by atoms with Crippen LogP contribution in [0.3, 0.4) is 0 Å². The van der Waals surface area contributed by atoms with Gasteiger partial charge in [0.1, 0.15) is 0 Å². The van der Waals surface area contributed by atoms with Crippen molar-refractivity contribution in [2.75, 3.05) is 6.54 Å². The Balaban J connectivity index is 2.59. The molecule has 0 saturated carbocycles. The number of nitrogens with one attached hydrogen (secondary N) is 1. The van der Waals surface area contributed by atoms with Gasteiger partial charge in [0, 0.05) is 5.38 Å². The molecule has 0 amide bonds. The maximum atomic E-state index is 4.26. The van der Waals surface area contributed by atoms with Crippen LogP contribution < -0.4 is 5.32 Å². The van der Waals surface area contributed by atoms with E-state index >= 15 is 0 Å². The minimum Gasteiger partial charge on any atom is -0.309 e. The van der Waals surface area contributed by atoms with Crippen LogP contribution in [-0.2, 0) is 0 Å². The molecular formula is C9H14N2S. The van der Waals surface area contributed by atoms with Crippen LogP contribution in [0.4, 0.5) is 0 Å². The van der Waals surface area contributed by atoms with Gasteiger partial charge in [-0.15, -0.1) is 17.9 Å². The average molecular weight is 182 g/mol. The van der Waals surface area contributed by atoms with E-state index in [1.54, 1.807) is 11.3 Å². The van der Waals surface area contributed by atoms with Gasteiger partial charge in [-0.25, -0.2) is 4.98 Å². The molecule has 1 aromatic heterocycles. The Bertz CT molecular complexity index is 218. The summed E-state index contributed by atoms with van der Waals surface area (Å²) in [5.74, 6) is 0. The lowest BCUT2D eigenvalue weighted by atomic mass is 10.1. The molecule has 1 aromatic rings. The van der Waals surface area contributed by atoms with Crippen LogP contribution in [0.5, 0.6) is 0 Å².